The van der Waals surface area contributed by atoms with Crippen LogP contribution in [-0.4, -0.2) is 30.9 Å². The Labute approximate surface area is 107 Å². The summed E-state index contributed by atoms with van der Waals surface area (Å²) in [5, 5.41) is 10.0. The maximum absolute atomic E-state index is 11.6. The third-order valence-corrected chi connectivity index (χ3v) is 3.17. The maximum atomic E-state index is 11.6. The van der Waals surface area contributed by atoms with Gasteiger partial charge in [-0.25, -0.2) is 4.79 Å². The van der Waals surface area contributed by atoms with Crippen LogP contribution in [0.3, 0.4) is 0 Å². The molecule has 1 N–H and O–H groups in total. The number of hydrogen-bond acceptors (Lipinski definition) is 4. The molecular formula is C14H18O4. The van der Waals surface area contributed by atoms with E-state index in [4.69, 9.17) is 9.47 Å². The monoisotopic (exact) mass is 250 g/mol. The first-order valence-corrected chi connectivity index (χ1v) is 6.25. The number of benzene rings is 1. The van der Waals surface area contributed by atoms with Crippen LogP contribution >= 0.6 is 0 Å². The normalized spacial score (nSPS) is 20.7. The largest absolute Gasteiger partial charge is 0.464 e. The standard InChI is InChI=1S/C14H18O4/c1-2-18-14(16)13(15)12-6-4-3-5-11(12)10-7-8-17-9-10/h3-6,10,13,15H,2,7-9H2,1H3. The second-order valence-corrected chi connectivity index (χ2v) is 4.34. The Bertz CT molecular complexity index is 410. The molecule has 1 heterocycles. The molecule has 2 atom stereocenters. The fourth-order valence-corrected chi connectivity index (χ4v) is 2.26. The molecule has 2 rings (SSSR count). The van der Waals surface area contributed by atoms with E-state index in [0.29, 0.717) is 12.2 Å². The van der Waals surface area contributed by atoms with Crippen molar-refractivity contribution in [2.75, 3.05) is 19.8 Å². The van der Waals surface area contributed by atoms with Gasteiger partial charge in [-0.3, -0.25) is 0 Å². The second kappa shape index (κ2) is 5.98. The van der Waals surface area contributed by atoms with Gasteiger partial charge in [0.1, 0.15) is 0 Å². The number of carbonyl (C=O) groups excluding carboxylic acids is 1. The van der Waals surface area contributed by atoms with Crippen LogP contribution < -0.4 is 0 Å². The quantitative estimate of drug-likeness (QED) is 0.828. The van der Waals surface area contributed by atoms with Crippen LogP contribution in [0, 0.1) is 0 Å². The summed E-state index contributed by atoms with van der Waals surface area (Å²) >= 11 is 0. The highest BCUT2D eigenvalue weighted by Gasteiger charge is 2.26. The minimum Gasteiger partial charge on any atom is -0.464 e. The minimum absolute atomic E-state index is 0.255. The summed E-state index contributed by atoms with van der Waals surface area (Å²) in [5.41, 5.74) is 1.61. The molecule has 0 aliphatic carbocycles. The van der Waals surface area contributed by atoms with Gasteiger partial charge in [0, 0.05) is 12.5 Å². The van der Waals surface area contributed by atoms with Crippen molar-refractivity contribution in [3.05, 3.63) is 35.4 Å². The van der Waals surface area contributed by atoms with Crippen LogP contribution in [0.1, 0.15) is 36.5 Å². The predicted octanol–water partition coefficient (Wildman–Crippen LogP) is 1.79. The number of rotatable bonds is 4. The van der Waals surface area contributed by atoms with Crippen LogP contribution in [0.4, 0.5) is 0 Å². The van der Waals surface area contributed by atoms with Crippen LogP contribution in [0.25, 0.3) is 0 Å². The van der Waals surface area contributed by atoms with E-state index in [1.165, 1.54) is 0 Å². The number of ether oxygens (including phenoxy) is 2. The first-order chi connectivity index (χ1) is 8.74. The molecule has 1 aliphatic heterocycles. The predicted molar refractivity (Wildman–Crippen MR) is 66.2 cm³/mol. The van der Waals surface area contributed by atoms with E-state index in [1.54, 1.807) is 13.0 Å². The lowest BCUT2D eigenvalue weighted by molar-refractivity contribution is -0.153. The Balaban J connectivity index is 2.23. The van der Waals surface area contributed by atoms with Gasteiger partial charge in [-0.1, -0.05) is 24.3 Å². The van der Waals surface area contributed by atoms with Gasteiger partial charge in [0.05, 0.1) is 13.2 Å². The van der Waals surface area contributed by atoms with E-state index in [9.17, 15) is 9.90 Å². The molecule has 98 valence electrons. The molecule has 0 saturated carbocycles. The topological polar surface area (TPSA) is 55.8 Å². The van der Waals surface area contributed by atoms with Crippen LogP contribution in [-0.2, 0) is 14.3 Å². The Morgan fingerprint density at radius 1 is 1.56 bits per heavy atom. The molecule has 0 radical (unpaired) electrons. The highest BCUT2D eigenvalue weighted by molar-refractivity contribution is 5.76. The second-order valence-electron chi connectivity index (χ2n) is 4.34. The molecule has 1 saturated heterocycles. The molecule has 4 heteroatoms. The molecular weight excluding hydrogens is 232 g/mol. The van der Waals surface area contributed by atoms with Gasteiger partial charge < -0.3 is 14.6 Å². The number of aliphatic hydroxyl groups is 1. The average molecular weight is 250 g/mol. The molecule has 4 nitrogen and oxygen atoms in total. The zero-order chi connectivity index (χ0) is 13.0. The Morgan fingerprint density at radius 2 is 2.33 bits per heavy atom. The van der Waals surface area contributed by atoms with Gasteiger partial charge in [0.25, 0.3) is 0 Å². The van der Waals surface area contributed by atoms with E-state index >= 15 is 0 Å². The van der Waals surface area contributed by atoms with Crippen LogP contribution in [0.2, 0.25) is 0 Å². The zero-order valence-corrected chi connectivity index (χ0v) is 10.5. The Hall–Kier alpha value is -1.39. The zero-order valence-electron chi connectivity index (χ0n) is 10.5. The lowest BCUT2D eigenvalue weighted by atomic mass is 9.91. The molecule has 18 heavy (non-hydrogen) atoms. The van der Waals surface area contributed by atoms with Crippen molar-refractivity contribution in [3.8, 4) is 0 Å². The number of esters is 1. The Kier molecular flexibility index (Phi) is 4.33. The SMILES string of the molecule is CCOC(=O)C(O)c1ccccc1C1CCOC1. The fraction of sp³-hybridized carbons (Fsp3) is 0.500. The maximum Gasteiger partial charge on any atom is 0.339 e. The molecule has 0 aromatic heterocycles. The molecule has 0 amide bonds. The number of aliphatic hydroxyl groups excluding tert-OH is 1. The van der Waals surface area contributed by atoms with Crippen molar-refractivity contribution in [3.63, 3.8) is 0 Å². The first-order valence-electron chi connectivity index (χ1n) is 6.25. The van der Waals surface area contributed by atoms with Crippen molar-refractivity contribution in [2.24, 2.45) is 0 Å². The highest BCUT2D eigenvalue weighted by atomic mass is 16.5. The molecule has 0 bridgehead atoms. The summed E-state index contributed by atoms with van der Waals surface area (Å²) in [6.45, 7) is 3.37. The highest BCUT2D eigenvalue weighted by Crippen LogP contribution is 2.31. The van der Waals surface area contributed by atoms with Crippen molar-refractivity contribution in [1.82, 2.24) is 0 Å². The third-order valence-electron chi connectivity index (χ3n) is 3.17. The summed E-state index contributed by atoms with van der Waals surface area (Å²) in [7, 11) is 0. The summed E-state index contributed by atoms with van der Waals surface area (Å²) < 4.78 is 10.2. The minimum atomic E-state index is -1.21. The van der Waals surface area contributed by atoms with Crippen LogP contribution in [0.15, 0.2) is 24.3 Å². The summed E-state index contributed by atoms with van der Waals surface area (Å²) in [6.07, 6.45) is -0.284. The van der Waals surface area contributed by atoms with Crippen LogP contribution in [0.5, 0.6) is 0 Å². The molecule has 0 spiro atoms. The summed E-state index contributed by atoms with van der Waals surface area (Å²) in [4.78, 5) is 11.6. The van der Waals surface area contributed by atoms with Crippen molar-refractivity contribution >= 4 is 5.97 Å². The van der Waals surface area contributed by atoms with Crippen molar-refractivity contribution in [1.29, 1.82) is 0 Å². The van der Waals surface area contributed by atoms with Gasteiger partial charge in [0.2, 0.25) is 0 Å². The van der Waals surface area contributed by atoms with Gasteiger partial charge in [0.15, 0.2) is 6.10 Å². The van der Waals surface area contributed by atoms with E-state index < -0.39 is 12.1 Å². The average Bonchev–Trinajstić information content (AvgIpc) is 2.92. The summed E-state index contributed by atoms with van der Waals surface area (Å²) in [6, 6.07) is 7.44. The fourth-order valence-electron chi connectivity index (χ4n) is 2.26. The van der Waals surface area contributed by atoms with Gasteiger partial charge >= 0.3 is 5.97 Å². The lowest BCUT2D eigenvalue weighted by Crippen LogP contribution is -2.18. The van der Waals surface area contributed by atoms with E-state index in [1.807, 2.05) is 18.2 Å². The van der Waals surface area contributed by atoms with E-state index in [0.717, 1.165) is 18.6 Å². The van der Waals surface area contributed by atoms with Gasteiger partial charge in [-0.15, -0.1) is 0 Å². The number of carbonyl (C=O) groups is 1. The summed E-state index contributed by atoms with van der Waals surface area (Å²) in [5.74, 6) is -0.339. The molecule has 1 aromatic rings. The lowest BCUT2D eigenvalue weighted by Gasteiger charge is -2.17. The van der Waals surface area contributed by atoms with E-state index in [2.05, 4.69) is 0 Å². The van der Waals surface area contributed by atoms with Crippen molar-refractivity contribution in [2.45, 2.75) is 25.4 Å². The molecule has 1 fully saturated rings. The van der Waals surface area contributed by atoms with Gasteiger partial charge in [-0.05, 0) is 24.5 Å². The smallest absolute Gasteiger partial charge is 0.339 e. The van der Waals surface area contributed by atoms with E-state index in [-0.39, 0.29) is 12.5 Å². The molecule has 1 aliphatic rings. The van der Waals surface area contributed by atoms with Gasteiger partial charge in [-0.2, -0.15) is 0 Å². The Morgan fingerprint density at radius 3 is 3.00 bits per heavy atom. The third kappa shape index (κ3) is 2.71. The molecule has 1 aromatic carbocycles. The number of hydrogen-bond donors (Lipinski definition) is 1. The molecule has 2 unspecified atom stereocenters. The van der Waals surface area contributed by atoms with Crippen molar-refractivity contribution < 1.29 is 19.4 Å². The first kappa shape index (κ1) is 13.1.